The number of amides is 2. The van der Waals surface area contributed by atoms with Crippen LogP contribution in [0, 0.1) is 0 Å². The molecule has 1 rings (SSSR count). The molecular weight excluding hydrogens is 289 g/mol. The lowest BCUT2D eigenvalue weighted by Gasteiger charge is -2.08. The van der Waals surface area contributed by atoms with E-state index in [2.05, 4.69) is 20.9 Å². The number of pyridine rings is 1. The zero-order valence-electron chi connectivity index (χ0n) is 11.3. The van der Waals surface area contributed by atoms with Crippen LogP contribution in [0.4, 0.5) is 18.9 Å². The molecule has 0 aliphatic heterocycles. The smallest absolute Gasteiger partial charge is 0.348 e. The Morgan fingerprint density at radius 2 is 1.90 bits per heavy atom. The van der Waals surface area contributed by atoms with Gasteiger partial charge in [0, 0.05) is 6.54 Å². The van der Waals surface area contributed by atoms with Gasteiger partial charge in [-0.25, -0.2) is 4.98 Å². The maximum atomic E-state index is 12.3. The van der Waals surface area contributed by atoms with Crippen molar-refractivity contribution in [1.29, 1.82) is 0 Å². The van der Waals surface area contributed by atoms with Crippen LogP contribution in [0.25, 0.3) is 0 Å². The van der Waals surface area contributed by atoms with Crippen LogP contribution >= 0.6 is 0 Å². The maximum Gasteiger partial charge on any atom is 0.433 e. The average Bonchev–Trinajstić information content (AvgIpc) is 2.43. The van der Waals surface area contributed by atoms with Gasteiger partial charge < -0.3 is 16.0 Å². The topological polar surface area (TPSA) is 83.1 Å². The number of hydrogen-bond acceptors (Lipinski definition) is 4. The van der Waals surface area contributed by atoms with Crippen LogP contribution < -0.4 is 16.0 Å². The molecule has 1 heterocycles. The van der Waals surface area contributed by atoms with Crippen molar-refractivity contribution < 1.29 is 22.8 Å². The molecule has 21 heavy (non-hydrogen) atoms. The molecule has 0 saturated carbocycles. The lowest BCUT2D eigenvalue weighted by molar-refractivity contribution is -0.141. The van der Waals surface area contributed by atoms with Crippen molar-refractivity contribution in [3.8, 4) is 0 Å². The normalized spacial score (nSPS) is 11.0. The zero-order valence-corrected chi connectivity index (χ0v) is 11.3. The van der Waals surface area contributed by atoms with E-state index < -0.39 is 23.7 Å². The van der Waals surface area contributed by atoms with Crippen molar-refractivity contribution in [3.05, 3.63) is 24.0 Å². The molecule has 6 nitrogen and oxygen atoms in total. The van der Waals surface area contributed by atoms with E-state index in [0.717, 1.165) is 18.3 Å². The number of carbonyl (C=O) groups excluding carboxylic acids is 2. The molecule has 0 saturated heterocycles. The SMILES string of the molecule is CNCCCNC(=O)C(=O)Nc1ccc(C(F)(F)F)nc1. The second-order valence-electron chi connectivity index (χ2n) is 4.10. The maximum absolute atomic E-state index is 12.3. The fourth-order valence-corrected chi connectivity index (χ4v) is 1.37. The van der Waals surface area contributed by atoms with E-state index in [1.54, 1.807) is 7.05 Å². The van der Waals surface area contributed by atoms with Crippen LogP contribution in [0.3, 0.4) is 0 Å². The molecule has 2 amide bonds. The van der Waals surface area contributed by atoms with Gasteiger partial charge in [0.05, 0.1) is 11.9 Å². The number of nitrogens with one attached hydrogen (secondary N) is 3. The zero-order chi connectivity index (χ0) is 15.9. The van der Waals surface area contributed by atoms with Gasteiger partial charge in [-0.05, 0) is 32.1 Å². The molecule has 0 atom stereocenters. The van der Waals surface area contributed by atoms with Crippen molar-refractivity contribution in [3.63, 3.8) is 0 Å². The van der Waals surface area contributed by atoms with E-state index in [-0.39, 0.29) is 5.69 Å². The van der Waals surface area contributed by atoms with Crippen LogP contribution in [-0.4, -0.2) is 36.9 Å². The number of alkyl halides is 3. The van der Waals surface area contributed by atoms with Gasteiger partial charge in [-0.3, -0.25) is 9.59 Å². The summed E-state index contributed by atoms with van der Waals surface area (Å²) in [6.45, 7) is 1.00. The summed E-state index contributed by atoms with van der Waals surface area (Å²) < 4.78 is 36.9. The molecule has 9 heteroatoms. The number of aromatic nitrogens is 1. The third-order valence-electron chi connectivity index (χ3n) is 2.41. The first kappa shape index (κ1) is 16.9. The predicted molar refractivity (Wildman–Crippen MR) is 69.4 cm³/mol. The summed E-state index contributed by atoms with van der Waals surface area (Å²) in [6, 6.07) is 1.75. The molecule has 116 valence electrons. The average molecular weight is 304 g/mol. The third kappa shape index (κ3) is 5.78. The first-order chi connectivity index (χ1) is 9.84. The fraction of sp³-hybridized carbons (Fsp3) is 0.417. The Morgan fingerprint density at radius 1 is 1.19 bits per heavy atom. The predicted octanol–water partition coefficient (Wildman–Crippen LogP) is 0.765. The van der Waals surface area contributed by atoms with Gasteiger partial charge in [0.2, 0.25) is 0 Å². The summed E-state index contributed by atoms with van der Waals surface area (Å²) in [5.41, 5.74) is -1.06. The van der Waals surface area contributed by atoms with Gasteiger partial charge in [0.25, 0.3) is 0 Å². The molecule has 0 fully saturated rings. The summed E-state index contributed by atoms with van der Waals surface area (Å²) in [5.74, 6) is -1.81. The molecule has 0 aromatic carbocycles. The Hall–Kier alpha value is -2.16. The van der Waals surface area contributed by atoms with E-state index >= 15 is 0 Å². The second kappa shape index (κ2) is 7.58. The lowest BCUT2D eigenvalue weighted by Crippen LogP contribution is -2.36. The van der Waals surface area contributed by atoms with Gasteiger partial charge in [-0.1, -0.05) is 0 Å². The van der Waals surface area contributed by atoms with Crippen molar-refractivity contribution in [1.82, 2.24) is 15.6 Å². The first-order valence-electron chi connectivity index (χ1n) is 6.11. The summed E-state index contributed by atoms with van der Waals surface area (Å²) in [6.07, 6.45) is -3.06. The summed E-state index contributed by atoms with van der Waals surface area (Å²) >= 11 is 0. The fourth-order valence-electron chi connectivity index (χ4n) is 1.37. The molecule has 1 aromatic rings. The highest BCUT2D eigenvalue weighted by atomic mass is 19.4. The molecule has 0 spiro atoms. The number of rotatable bonds is 5. The van der Waals surface area contributed by atoms with E-state index in [1.165, 1.54) is 0 Å². The highest BCUT2D eigenvalue weighted by Gasteiger charge is 2.32. The highest BCUT2D eigenvalue weighted by molar-refractivity contribution is 6.39. The van der Waals surface area contributed by atoms with Gasteiger partial charge in [-0.2, -0.15) is 13.2 Å². The molecule has 1 aromatic heterocycles. The lowest BCUT2D eigenvalue weighted by atomic mass is 10.3. The first-order valence-corrected chi connectivity index (χ1v) is 6.11. The van der Waals surface area contributed by atoms with E-state index in [9.17, 15) is 22.8 Å². The Morgan fingerprint density at radius 3 is 2.43 bits per heavy atom. The van der Waals surface area contributed by atoms with Crippen LogP contribution in [0.1, 0.15) is 12.1 Å². The molecular formula is C12H15F3N4O2. The molecule has 0 aliphatic carbocycles. The van der Waals surface area contributed by atoms with Gasteiger partial charge in [0.15, 0.2) is 0 Å². The number of anilines is 1. The summed E-state index contributed by atoms with van der Waals surface area (Å²) in [7, 11) is 1.76. The monoisotopic (exact) mass is 304 g/mol. The van der Waals surface area contributed by atoms with Gasteiger partial charge in [-0.15, -0.1) is 0 Å². The van der Waals surface area contributed by atoms with E-state index in [0.29, 0.717) is 19.5 Å². The standard InChI is InChI=1S/C12H15F3N4O2/c1-16-5-2-6-17-10(20)11(21)19-8-3-4-9(18-7-8)12(13,14)15/h3-4,7,16H,2,5-6H2,1H3,(H,17,20)(H,19,21). The van der Waals surface area contributed by atoms with Crippen LogP contribution in [0.2, 0.25) is 0 Å². The summed E-state index contributed by atoms with van der Waals surface area (Å²) in [5, 5.41) is 7.42. The van der Waals surface area contributed by atoms with Crippen LogP contribution in [0.5, 0.6) is 0 Å². The minimum Gasteiger partial charge on any atom is -0.348 e. The van der Waals surface area contributed by atoms with E-state index in [4.69, 9.17) is 0 Å². The quantitative estimate of drug-likeness (QED) is 0.554. The van der Waals surface area contributed by atoms with Crippen molar-refractivity contribution in [2.45, 2.75) is 12.6 Å². The van der Waals surface area contributed by atoms with Crippen LogP contribution in [0.15, 0.2) is 18.3 Å². The number of nitrogens with zero attached hydrogens (tertiary/aromatic N) is 1. The number of halogens is 3. The second-order valence-corrected chi connectivity index (χ2v) is 4.10. The minimum absolute atomic E-state index is 0.0124. The molecule has 0 unspecified atom stereocenters. The van der Waals surface area contributed by atoms with Gasteiger partial charge in [0.1, 0.15) is 5.69 Å². The van der Waals surface area contributed by atoms with E-state index in [1.807, 2.05) is 0 Å². The number of carbonyl (C=O) groups is 2. The Bertz CT molecular complexity index is 488. The largest absolute Gasteiger partial charge is 0.433 e. The molecule has 0 radical (unpaired) electrons. The Kier molecular flexibility index (Phi) is 6.10. The van der Waals surface area contributed by atoms with Gasteiger partial charge >= 0.3 is 18.0 Å². The number of hydrogen-bond donors (Lipinski definition) is 3. The third-order valence-corrected chi connectivity index (χ3v) is 2.41. The Balaban J connectivity index is 2.49. The van der Waals surface area contributed by atoms with Crippen molar-refractivity contribution in [2.75, 3.05) is 25.5 Å². The summed E-state index contributed by atoms with van der Waals surface area (Å²) in [4.78, 5) is 26.0. The molecule has 0 bridgehead atoms. The minimum atomic E-state index is -4.55. The molecule has 0 aliphatic rings. The highest BCUT2D eigenvalue weighted by Crippen LogP contribution is 2.27. The van der Waals surface area contributed by atoms with Crippen LogP contribution in [-0.2, 0) is 15.8 Å². The Labute approximate surface area is 119 Å². The van der Waals surface area contributed by atoms with Crippen molar-refractivity contribution in [2.24, 2.45) is 0 Å². The molecule has 3 N–H and O–H groups in total. The van der Waals surface area contributed by atoms with Crippen molar-refractivity contribution >= 4 is 17.5 Å².